The van der Waals surface area contributed by atoms with Crippen molar-refractivity contribution in [3.05, 3.63) is 11.9 Å². The molecule has 5 heteroatoms. The Balaban J connectivity index is 1.82. The minimum absolute atomic E-state index is 0.158. The Morgan fingerprint density at radius 1 is 1.69 bits per heavy atom. The Morgan fingerprint density at radius 2 is 2.50 bits per heavy atom. The van der Waals surface area contributed by atoms with Crippen LogP contribution in [0.3, 0.4) is 0 Å². The van der Waals surface area contributed by atoms with Crippen LogP contribution in [0.25, 0.3) is 0 Å². The van der Waals surface area contributed by atoms with Crippen LogP contribution in [-0.4, -0.2) is 22.6 Å². The Labute approximate surface area is 94.8 Å². The van der Waals surface area contributed by atoms with Gasteiger partial charge in [0, 0.05) is 6.54 Å². The number of hydrogen-bond donors (Lipinski definition) is 3. The molecule has 1 aliphatic rings. The zero-order valence-electron chi connectivity index (χ0n) is 9.49. The third-order valence-corrected chi connectivity index (χ3v) is 3.25. The zero-order valence-corrected chi connectivity index (χ0v) is 9.49. The Kier molecular flexibility index (Phi) is 3.12. The molecule has 0 bridgehead atoms. The van der Waals surface area contributed by atoms with Gasteiger partial charge in [0.15, 0.2) is 0 Å². The summed E-state index contributed by atoms with van der Waals surface area (Å²) in [6.07, 6.45) is 5.14. The number of amides is 1. The van der Waals surface area contributed by atoms with Crippen molar-refractivity contribution < 1.29 is 4.79 Å². The van der Waals surface area contributed by atoms with Crippen molar-refractivity contribution in [2.45, 2.75) is 26.2 Å². The van der Waals surface area contributed by atoms with Gasteiger partial charge in [-0.3, -0.25) is 9.89 Å². The van der Waals surface area contributed by atoms with Crippen LogP contribution < -0.4 is 11.1 Å². The molecule has 1 aliphatic carbocycles. The molecule has 1 fully saturated rings. The summed E-state index contributed by atoms with van der Waals surface area (Å²) in [4.78, 5) is 11.7. The predicted octanol–water partition coefficient (Wildman–Crippen LogP) is 1.16. The van der Waals surface area contributed by atoms with Crippen LogP contribution in [0, 0.1) is 11.8 Å². The van der Waals surface area contributed by atoms with Crippen molar-refractivity contribution in [3.63, 3.8) is 0 Å². The van der Waals surface area contributed by atoms with Crippen LogP contribution >= 0.6 is 0 Å². The van der Waals surface area contributed by atoms with E-state index in [1.165, 1.54) is 25.5 Å². The summed E-state index contributed by atoms with van der Waals surface area (Å²) in [5, 5.41) is 9.22. The average Bonchev–Trinajstić information content (AvgIpc) is 2.84. The van der Waals surface area contributed by atoms with Crippen LogP contribution in [0.15, 0.2) is 6.20 Å². The number of aromatic amines is 1. The highest BCUT2D eigenvalue weighted by Crippen LogP contribution is 2.29. The number of nitrogens with one attached hydrogen (secondary N) is 2. The molecular weight excluding hydrogens is 204 g/mol. The first-order valence-corrected chi connectivity index (χ1v) is 5.74. The van der Waals surface area contributed by atoms with Crippen LogP contribution in [0.1, 0.15) is 36.7 Å². The van der Waals surface area contributed by atoms with Gasteiger partial charge in [-0.05, 0) is 24.7 Å². The fraction of sp³-hybridized carbons (Fsp3) is 0.636. The highest BCUT2D eigenvalue weighted by atomic mass is 16.1. The van der Waals surface area contributed by atoms with Crippen molar-refractivity contribution in [2.75, 3.05) is 12.3 Å². The lowest BCUT2D eigenvalue weighted by molar-refractivity contribution is 0.0943. The number of nitrogens with two attached hydrogens (primary N) is 1. The lowest BCUT2D eigenvalue weighted by atomic mass is 10.1. The van der Waals surface area contributed by atoms with E-state index in [0.29, 0.717) is 17.3 Å². The monoisotopic (exact) mass is 222 g/mol. The summed E-state index contributed by atoms with van der Waals surface area (Å²) >= 11 is 0. The molecule has 2 unspecified atom stereocenters. The number of carbonyl (C=O) groups is 1. The topological polar surface area (TPSA) is 83.8 Å². The van der Waals surface area contributed by atoms with Gasteiger partial charge in [0.25, 0.3) is 5.91 Å². The molecule has 0 aliphatic heterocycles. The van der Waals surface area contributed by atoms with Crippen molar-refractivity contribution >= 4 is 11.6 Å². The molecule has 0 saturated heterocycles. The minimum atomic E-state index is -0.158. The van der Waals surface area contributed by atoms with Gasteiger partial charge in [-0.1, -0.05) is 13.3 Å². The molecule has 1 aromatic rings. The minimum Gasteiger partial charge on any atom is -0.396 e. The largest absolute Gasteiger partial charge is 0.396 e. The molecule has 1 aromatic heterocycles. The summed E-state index contributed by atoms with van der Waals surface area (Å²) in [6.45, 7) is 3.00. The predicted molar refractivity (Wildman–Crippen MR) is 61.8 cm³/mol. The fourth-order valence-electron chi connectivity index (χ4n) is 2.31. The lowest BCUT2D eigenvalue weighted by Gasteiger charge is -2.10. The number of aromatic nitrogens is 2. The van der Waals surface area contributed by atoms with E-state index in [4.69, 9.17) is 5.73 Å². The maximum Gasteiger partial charge on any atom is 0.271 e. The van der Waals surface area contributed by atoms with Crippen LogP contribution in [-0.2, 0) is 0 Å². The first-order valence-electron chi connectivity index (χ1n) is 5.74. The van der Waals surface area contributed by atoms with E-state index in [9.17, 15) is 4.79 Å². The summed E-state index contributed by atoms with van der Waals surface area (Å²) in [5.41, 5.74) is 6.36. The molecular formula is C11H18N4O. The van der Waals surface area contributed by atoms with Gasteiger partial charge in [0.1, 0.15) is 5.69 Å². The van der Waals surface area contributed by atoms with Gasteiger partial charge in [-0.15, -0.1) is 0 Å². The quantitative estimate of drug-likeness (QED) is 0.717. The maximum absolute atomic E-state index is 11.7. The van der Waals surface area contributed by atoms with Crippen LogP contribution in [0.2, 0.25) is 0 Å². The number of anilines is 1. The SMILES string of the molecule is CC1CCC(CNC(=O)c2[nH]ncc2N)C1. The van der Waals surface area contributed by atoms with Gasteiger partial charge in [0.2, 0.25) is 0 Å². The molecule has 1 saturated carbocycles. The first kappa shape index (κ1) is 11.0. The second-order valence-electron chi connectivity index (χ2n) is 4.69. The Bertz CT molecular complexity index is 374. The van der Waals surface area contributed by atoms with E-state index in [1.54, 1.807) is 0 Å². The summed E-state index contributed by atoms with van der Waals surface area (Å²) in [5.74, 6) is 1.25. The molecule has 1 amide bonds. The first-order chi connectivity index (χ1) is 7.66. The average molecular weight is 222 g/mol. The van der Waals surface area contributed by atoms with Gasteiger partial charge in [0.05, 0.1) is 11.9 Å². The summed E-state index contributed by atoms with van der Waals surface area (Å²) < 4.78 is 0. The van der Waals surface area contributed by atoms with Gasteiger partial charge < -0.3 is 11.1 Å². The standard InChI is InChI=1S/C11H18N4O/c1-7-2-3-8(4-7)5-13-11(16)10-9(12)6-14-15-10/h6-8H,2-5,12H2,1H3,(H,13,16)(H,14,15). The number of H-pyrrole nitrogens is 1. The van der Waals surface area contributed by atoms with Gasteiger partial charge in [-0.2, -0.15) is 5.10 Å². The third kappa shape index (κ3) is 2.35. The zero-order chi connectivity index (χ0) is 11.5. The number of hydrogen-bond acceptors (Lipinski definition) is 3. The van der Waals surface area contributed by atoms with Crippen LogP contribution in [0.4, 0.5) is 5.69 Å². The molecule has 88 valence electrons. The molecule has 0 radical (unpaired) electrons. The molecule has 0 aromatic carbocycles. The van der Waals surface area contributed by atoms with Crippen molar-refractivity contribution in [1.82, 2.24) is 15.5 Å². The number of carbonyl (C=O) groups excluding carboxylic acids is 1. The molecule has 2 atom stereocenters. The smallest absolute Gasteiger partial charge is 0.271 e. The van der Waals surface area contributed by atoms with E-state index in [0.717, 1.165) is 12.5 Å². The molecule has 0 spiro atoms. The third-order valence-electron chi connectivity index (χ3n) is 3.25. The number of nitrogens with zero attached hydrogens (tertiary/aromatic N) is 1. The van der Waals surface area contributed by atoms with E-state index < -0.39 is 0 Å². The van der Waals surface area contributed by atoms with Gasteiger partial charge >= 0.3 is 0 Å². The summed E-state index contributed by atoms with van der Waals surface area (Å²) in [7, 11) is 0. The van der Waals surface area contributed by atoms with Crippen molar-refractivity contribution in [3.8, 4) is 0 Å². The molecule has 1 heterocycles. The lowest BCUT2D eigenvalue weighted by Crippen LogP contribution is -2.29. The van der Waals surface area contributed by atoms with E-state index in [-0.39, 0.29) is 5.91 Å². The summed E-state index contributed by atoms with van der Waals surface area (Å²) in [6, 6.07) is 0. The molecule has 16 heavy (non-hydrogen) atoms. The Morgan fingerprint density at radius 3 is 3.06 bits per heavy atom. The van der Waals surface area contributed by atoms with E-state index >= 15 is 0 Å². The number of nitrogen functional groups attached to an aromatic ring is 1. The maximum atomic E-state index is 11.7. The normalized spacial score (nSPS) is 24.6. The van der Waals surface area contributed by atoms with Gasteiger partial charge in [-0.25, -0.2) is 0 Å². The Hall–Kier alpha value is -1.52. The van der Waals surface area contributed by atoms with E-state index in [2.05, 4.69) is 22.4 Å². The van der Waals surface area contributed by atoms with E-state index in [1.807, 2.05) is 0 Å². The van der Waals surface area contributed by atoms with Crippen molar-refractivity contribution in [1.29, 1.82) is 0 Å². The fourth-order valence-corrected chi connectivity index (χ4v) is 2.31. The molecule has 4 N–H and O–H groups in total. The second-order valence-corrected chi connectivity index (χ2v) is 4.69. The van der Waals surface area contributed by atoms with Crippen LogP contribution in [0.5, 0.6) is 0 Å². The second kappa shape index (κ2) is 4.55. The number of rotatable bonds is 3. The highest BCUT2D eigenvalue weighted by molar-refractivity contribution is 5.96. The highest BCUT2D eigenvalue weighted by Gasteiger charge is 2.22. The molecule has 2 rings (SSSR count). The molecule has 5 nitrogen and oxygen atoms in total. The van der Waals surface area contributed by atoms with Crippen molar-refractivity contribution in [2.24, 2.45) is 11.8 Å².